The molecule has 4 nitrogen and oxygen atoms in total. The van der Waals surface area contributed by atoms with Crippen molar-refractivity contribution in [2.24, 2.45) is 35.5 Å². The highest BCUT2D eigenvalue weighted by Crippen LogP contribution is 2.63. The second kappa shape index (κ2) is 7.15. The Hall–Kier alpha value is -2.75. The molecule has 4 heteroatoms. The van der Waals surface area contributed by atoms with E-state index in [1.54, 1.807) is 12.1 Å². The van der Waals surface area contributed by atoms with Gasteiger partial charge in [0.15, 0.2) is 11.6 Å². The van der Waals surface area contributed by atoms with Gasteiger partial charge in [-0.2, -0.15) is 0 Å². The number of hydrogen-bond acceptors (Lipinski definition) is 4. The molecule has 8 atom stereocenters. The number of Topliss-reactive ketones (excluding diaryl/α,β-unsaturated/α-hetero) is 1. The highest BCUT2D eigenvalue weighted by molar-refractivity contribution is 6.28. The van der Waals surface area contributed by atoms with Crippen LogP contribution in [-0.2, 0) is 4.79 Å². The van der Waals surface area contributed by atoms with Crippen LogP contribution in [0, 0.1) is 35.5 Å². The van der Waals surface area contributed by atoms with E-state index in [4.69, 9.17) is 0 Å². The van der Waals surface area contributed by atoms with Crippen LogP contribution in [0.1, 0.15) is 94.7 Å². The van der Waals surface area contributed by atoms with E-state index in [2.05, 4.69) is 5.32 Å². The van der Waals surface area contributed by atoms with Crippen molar-refractivity contribution in [1.29, 1.82) is 0 Å². The summed E-state index contributed by atoms with van der Waals surface area (Å²) in [7, 11) is 0. The molecular weight excluding hydrogens is 434 g/mol. The molecule has 0 saturated heterocycles. The zero-order chi connectivity index (χ0) is 23.4. The first-order valence-corrected chi connectivity index (χ1v) is 13.8. The van der Waals surface area contributed by atoms with Crippen molar-refractivity contribution in [3.8, 4) is 0 Å². The molecule has 178 valence electrons. The van der Waals surface area contributed by atoms with E-state index in [9.17, 15) is 14.4 Å². The first kappa shape index (κ1) is 20.4. The summed E-state index contributed by atoms with van der Waals surface area (Å²) in [5.74, 6) is 3.66. The van der Waals surface area contributed by atoms with Gasteiger partial charge in [-0.25, -0.2) is 0 Å². The Morgan fingerprint density at radius 2 is 1.34 bits per heavy atom. The molecule has 0 amide bonds. The topological polar surface area (TPSA) is 63.2 Å². The van der Waals surface area contributed by atoms with Crippen LogP contribution in [0.5, 0.6) is 0 Å². The first-order chi connectivity index (χ1) is 17.1. The molecule has 6 aliphatic rings. The van der Waals surface area contributed by atoms with Gasteiger partial charge in [-0.05, 0) is 85.8 Å². The standard InChI is InChI=1S/C31H31NO3/c33-29-18-6-2-1-5-15(18)16-11-12-25-28-17(9-10-21(29)27(16)28)22-13-23-24(14-26(22)32-25)31(35)20-8-4-3-7-19(20)30(23)34/h3-4,7-8,13-18,21,25,27-28,32H,1-2,5-6,9-12H2/t15-,16+,17-,18-,21+,25+,27-,28+/m0/s1. The van der Waals surface area contributed by atoms with Crippen molar-refractivity contribution in [2.75, 3.05) is 5.32 Å². The molecular formula is C31H31NO3. The van der Waals surface area contributed by atoms with Crippen LogP contribution < -0.4 is 5.32 Å². The normalized spacial score (nSPS) is 38.3. The maximum atomic E-state index is 13.7. The molecule has 0 unspecified atom stereocenters. The van der Waals surface area contributed by atoms with Gasteiger partial charge in [0, 0.05) is 45.8 Å². The zero-order valence-corrected chi connectivity index (χ0v) is 20.0. The molecule has 35 heavy (non-hydrogen) atoms. The molecule has 1 N–H and O–H groups in total. The number of fused-ring (bicyclic) bond motifs is 6. The van der Waals surface area contributed by atoms with Crippen molar-refractivity contribution in [3.05, 3.63) is 64.2 Å². The number of benzene rings is 2. The first-order valence-electron chi connectivity index (χ1n) is 13.8. The number of nitrogens with one attached hydrogen (secondary N) is 1. The van der Waals surface area contributed by atoms with E-state index in [0.29, 0.717) is 69.6 Å². The lowest BCUT2D eigenvalue weighted by molar-refractivity contribution is -0.150. The summed E-state index contributed by atoms with van der Waals surface area (Å²) in [5.41, 5.74) is 4.40. The van der Waals surface area contributed by atoms with Crippen LogP contribution in [0.15, 0.2) is 36.4 Å². The molecule has 0 radical (unpaired) electrons. The molecule has 4 saturated carbocycles. The summed E-state index contributed by atoms with van der Waals surface area (Å²) < 4.78 is 0. The van der Waals surface area contributed by atoms with Gasteiger partial charge in [0.05, 0.1) is 0 Å². The molecule has 2 aromatic rings. The van der Waals surface area contributed by atoms with E-state index in [0.717, 1.165) is 31.4 Å². The van der Waals surface area contributed by atoms with Gasteiger partial charge in [0.1, 0.15) is 5.78 Å². The van der Waals surface area contributed by atoms with Crippen molar-refractivity contribution < 1.29 is 14.4 Å². The maximum Gasteiger partial charge on any atom is 0.194 e. The van der Waals surface area contributed by atoms with Crippen molar-refractivity contribution in [3.63, 3.8) is 0 Å². The van der Waals surface area contributed by atoms with Crippen molar-refractivity contribution in [2.45, 2.75) is 63.3 Å². The molecule has 1 aliphatic heterocycles. The summed E-state index contributed by atoms with van der Waals surface area (Å²) in [6.45, 7) is 0. The minimum Gasteiger partial charge on any atom is -0.382 e. The van der Waals surface area contributed by atoms with Crippen LogP contribution >= 0.6 is 0 Å². The molecule has 0 spiro atoms. The van der Waals surface area contributed by atoms with Gasteiger partial charge < -0.3 is 5.32 Å². The van der Waals surface area contributed by atoms with Crippen LogP contribution in [0.25, 0.3) is 0 Å². The number of carbonyl (C=O) groups excluding carboxylic acids is 3. The van der Waals surface area contributed by atoms with E-state index in [1.165, 1.54) is 31.2 Å². The Morgan fingerprint density at radius 1 is 0.629 bits per heavy atom. The Balaban J connectivity index is 1.23. The van der Waals surface area contributed by atoms with E-state index in [1.807, 2.05) is 24.3 Å². The lowest BCUT2D eigenvalue weighted by Crippen LogP contribution is -2.60. The third kappa shape index (κ3) is 2.61. The number of ketones is 3. The van der Waals surface area contributed by atoms with Gasteiger partial charge in [-0.15, -0.1) is 0 Å². The van der Waals surface area contributed by atoms with E-state index in [-0.39, 0.29) is 17.5 Å². The SMILES string of the molecule is O=C1c2ccccc2C(=O)c2cc3c(cc21)N[C@@H]1CC[C@@H]2[C@@H]4CCCC[C@@H]4C(=O)[C@@H]4CC[C@@H]3[C@H]1[C@@H]24. The van der Waals surface area contributed by atoms with Crippen LogP contribution in [0.2, 0.25) is 0 Å². The maximum absolute atomic E-state index is 13.7. The molecule has 8 rings (SSSR count). The largest absolute Gasteiger partial charge is 0.382 e. The van der Waals surface area contributed by atoms with Gasteiger partial charge in [0.2, 0.25) is 0 Å². The lowest BCUT2D eigenvalue weighted by Gasteiger charge is -2.61. The summed E-state index contributed by atoms with van der Waals surface area (Å²) in [6.07, 6.45) is 9.24. The molecule has 0 aromatic heterocycles. The minimum absolute atomic E-state index is 0.0341. The fraction of sp³-hybridized carbons (Fsp3) is 0.516. The quantitative estimate of drug-likeness (QED) is 0.457. The molecule has 2 aromatic carbocycles. The van der Waals surface area contributed by atoms with Crippen LogP contribution in [-0.4, -0.2) is 23.4 Å². The summed E-state index contributed by atoms with van der Waals surface area (Å²) >= 11 is 0. The van der Waals surface area contributed by atoms with Crippen molar-refractivity contribution in [1.82, 2.24) is 0 Å². The van der Waals surface area contributed by atoms with E-state index >= 15 is 0 Å². The predicted molar refractivity (Wildman–Crippen MR) is 133 cm³/mol. The number of hydrogen-bond donors (Lipinski definition) is 1. The third-order valence-electron chi connectivity index (χ3n) is 10.9. The summed E-state index contributed by atoms with van der Waals surface area (Å²) in [5, 5.41) is 3.84. The highest BCUT2D eigenvalue weighted by Gasteiger charge is 2.59. The summed E-state index contributed by atoms with van der Waals surface area (Å²) in [6, 6.07) is 11.6. The van der Waals surface area contributed by atoms with Gasteiger partial charge in [-0.1, -0.05) is 37.1 Å². The lowest BCUT2D eigenvalue weighted by atomic mass is 9.45. The van der Waals surface area contributed by atoms with Gasteiger partial charge in [-0.3, -0.25) is 14.4 Å². The molecule has 0 bridgehead atoms. The highest BCUT2D eigenvalue weighted by atomic mass is 16.1. The molecule has 1 heterocycles. The summed E-state index contributed by atoms with van der Waals surface area (Å²) in [4.78, 5) is 40.4. The predicted octanol–water partition coefficient (Wildman–Crippen LogP) is 5.78. The average Bonchev–Trinajstić information content (AvgIpc) is 2.90. The monoisotopic (exact) mass is 465 g/mol. The molecule has 4 fully saturated rings. The third-order valence-corrected chi connectivity index (χ3v) is 10.9. The fourth-order valence-corrected chi connectivity index (χ4v) is 9.63. The van der Waals surface area contributed by atoms with Gasteiger partial charge >= 0.3 is 0 Å². The van der Waals surface area contributed by atoms with E-state index < -0.39 is 0 Å². The zero-order valence-electron chi connectivity index (χ0n) is 20.0. The molecule has 5 aliphatic carbocycles. The number of rotatable bonds is 0. The average molecular weight is 466 g/mol. The number of anilines is 1. The minimum atomic E-state index is -0.0458. The van der Waals surface area contributed by atoms with Crippen LogP contribution in [0.3, 0.4) is 0 Å². The van der Waals surface area contributed by atoms with Crippen LogP contribution in [0.4, 0.5) is 5.69 Å². The number of carbonyl (C=O) groups is 3. The fourth-order valence-electron chi connectivity index (χ4n) is 9.63. The Morgan fingerprint density at radius 3 is 2.14 bits per heavy atom. The smallest absolute Gasteiger partial charge is 0.194 e. The van der Waals surface area contributed by atoms with Crippen molar-refractivity contribution >= 4 is 23.0 Å². The second-order valence-corrected chi connectivity index (χ2v) is 12.1. The second-order valence-electron chi connectivity index (χ2n) is 12.1. The Kier molecular flexibility index (Phi) is 4.18. The Bertz CT molecular complexity index is 1310. The Labute approximate surface area is 205 Å². The van der Waals surface area contributed by atoms with Gasteiger partial charge in [0.25, 0.3) is 0 Å².